The van der Waals surface area contributed by atoms with Crippen molar-refractivity contribution in [3.63, 3.8) is 0 Å². The zero-order valence-corrected chi connectivity index (χ0v) is 13.7. The minimum Gasteiger partial charge on any atom is -0.348 e. The Labute approximate surface area is 139 Å². The van der Waals surface area contributed by atoms with Gasteiger partial charge in [0.1, 0.15) is 18.9 Å². The smallest absolute Gasteiger partial charge is 0.307 e. The molecule has 0 bridgehead atoms. The number of amides is 1. The quantitative estimate of drug-likeness (QED) is 0.651. The minimum absolute atomic E-state index is 0.0273. The first-order valence-corrected chi connectivity index (χ1v) is 7.87. The van der Waals surface area contributed by atoms with Crippen molar-refractivity contribution in [2.75, 3.05) is 0 Å². The van der Waals surface area contributed by atoms with Crippen LogP contribution in [0.15, 0.2) is 42.7 Å². The zero-order valence-electron chi connectivity index (χ0n) is 13.7. The van der Waals surface area contributed by atoms with Gasteiger partial charge in [0.05, 0.1) is 4.92 Å². The van der Waals surface area contributed by atoms with Gasteiger partial charge in [-0.2, -0.15) is 5.10 Å². The largest absolute Gasteiger partial charge is 0.348 e. The standard InChI is InChI=1S/C17H20N4O3/c1-16(2,13-6-4-3-5-7-13)17(8-9-17)19-15(22)12-20-11-14(10-18-20)21(23)24/h3-7,10-11H,8-9,12H2,1-2H3,(H,19,22). The van der Waals surface area contributed by atoms with Crippen LogP contribution in [0.2, 0.25) is 0 Å². The van der Waals surface area contributed by atoms with Crippen molar-refractivity contribution < 1.29 is 9.72 Å². The van der Waals surface area contributed by atoms with E-state index in [1.807, 2.05) is 18.2 Å². The minimum atomic E-state index is -0.525. The van der Waals surface area contributed by atoms with Crippen molar-refractivity contribution in [3.05, 3.63) is 58.4 Å². The molecule has 0 spiro atoms. The highest BCUT2D eigenvalue weighted by Gasteiger charge is 2.55. The Bertz CT molecular complexity index is 763. The van der Waals surface area contributed by atoms with E-state index in [1.54, 1.807) is 0 Å². The molecule has 0 atom stereocenters. The Morgan fingerprint density at radius 1 is 1.38 bits per heavy atom. The second kappa shape index (κ2) is 5.74. The first-order valence-electron chi connectivity index (χ1n) is 7.87. The molecule has 0 saturated heterocycles. The Balaban J connectivity index is 1.70. The predicted molar refractivity (Wildman–Crippen MR) is 88.5 cm³/mol. The molecular weight excluding hydrogens is 308 g/mol. The van der Waals surface area contributed by atoms with Crippen LogP contribution in [0.5, 0.6) is 0 Å². The van der Waals surface area contributed by atoms with Crippen molar-refractivity contribution >= 4 is 11.6 Å². The van der Waals surface area contributed by atoms with Crippen LogP contribution < -0.4 is 5.32 Å². The van der Waals surface area contributed by atoms with E-state index in [0.717, 1.165) is 19.0 Å². The molecule has 0 unspecified atom stereocenters. The van der Waals surface area contributed by atoms with E-state index < -0.39 is 4.92 Å². The molecule has 1 saturated carbocycles. The first-order chi connectivity index (χ1) is 11.3. The molecular formula is C17H20N4O3. The van der Waals surface area contributed by atoms with E-state index in [1.165, 1.54) is 16.4 Å². The third kappa shape index (κ3) is 2.89. The summed E-state index contributed by atoms with van der Waals surface area (Å²) in [5.41, 5.74) is 0.593. The van der Waals surface area contributed by atoms with Crippen molar-refractivity contribution in [1.82, 2.24) is 15.1 Å². The topological polar surface area (TPSA) is 90.1 Å². The lowest BCUT2D eigenvalue weighted by Gasteiger charge is -2.36. The molecule has 1 heterocycles. The molecule has 1 fully saturated rings. The van der Waals surface area contributed by atoms with E-state index in [0.29, 0.717) is 0 Å². The normalized spacial score (nSPS) is 15.8. The van der Waals surface area contributed by atoms with Crippen molar-refractivity contribution in [2.45, 2.75) is 44.2 Å². The monoisotopic (exact) mass is 328 g/mol. The van der Waals surface area contributed by atoms with E-state index in [-0.39, 0.29) is 29.1 Å². The van der Waals surface area contributed by atoms with Crippen LogP contribution in [0.25, 0.3) is 0 Å². The maximum atomic E-state index is 12.4. The van der Waals surface area contributed by atoms with Gasteiger partial charge in [-0.1, -0.05) is 44.2 Å². The molecule has 1 N–H and O–H groups in total. The average molecular weight is 328 g/mol. The summed E-state index contributed by atoms with van der Waals surface area (Å²) in [6, 6.07) is 10.1. The Morgan fingerprint density at radius 2 is 2.04 bits per heavy atom. The summed E-state index contributed by atoms with van der Waals surface area (Å²) >= 11 is 0. The lowest BCUT2D eigenvalue weighted by molar-refractivity contribution is -0.385. The van der Waals surface area contributed by atoms with Gasteiger partial charge in [0, 0.05) is 11.0 Å². The zero-order chi connectivity index (χ0) is 17.4. The molecule has 1 amide bonds. The number of benzene rings is 1. The molecule has 0 radical (unpaired) electrons. The van der Waals surface area contributed by atoms with Crippen LogP contribution >= 0.6 is 0 Å². The summed E-state index contributed by atoms with van der Waals surface area (Å²) in [5, 5.41) is 17.7. The number of nitrogens with zero attached hydrogens (tertiary/aromatic N) is 3. The van der Waals surface area contributed by atoms with E-state index >= 15 is 0 Å². The van der Waals surface area contributed by atoms with E-state index in [2.05, 4.69) is 36.4 Å². The molecule has 126 valence electrons. The number of hydrogen-bond donors (Lipinski definition) is 1. The number of rotatable bonds is 6. The summed E-state index contributed by atoms with van der Waals surface area (Å²) < 4.78 is 1.29. The van der Waals surface area contributed by atoms with Gasteiger partial charge in [-0.3, -0.25) is 19.6 Å². The Kier molecular flexibility index (Phi) is 3.87. The van der Waals surface area contributed by atoms with Crippen LogP contribution in [0, 0.1) is 10.1 Å². The van der Waals surface area contributed by atoms with Crippen LogP contribution in [0.3, 0.4) is 0 Å². The third-order valence-corrected chi connectivity index (χ3v) is 4.96. The molecule has 2 aromatic rings. The molecule has 7 heteroatoms. The molecule has 3 rings (SSSR count). The summed E-state index contributed by atoms with van der Waals surface area (Å²) in [7, 11) is 0. The van der Waals surface area contributed by atoms with Gasteiger partial charge >= 0.3 is 5.69 Å². The lowest BCUT2D eigenvalue weighted by Crippen LogP contribution is -2.50. The summed E-state index contributed by atoms with van der Waals surface area (Å²) in [4.78, 5) is 22.5. The van der Waals surface area contributed by atoms with Crippen molar-refractivity contribution in [3.8, 4) is 0 Å². The molecule has 1 aliphatic rings. The molecule has 24 heavy (non-hydrogen) atoms. The number of aromatic nitrogens is 2. The van der Waals surface area contributed by atoms with Gasteiger partial charge in [-0.15, -0.1) is 0 Å². The Hall–Kier alpha value is -2.70. The fourth-order valence-electron chi connectivity index (χ4n) is 3.15. The summed E-state index contributed by atoms with van der Waals surface area (Å²) in [6.45, 7) is 4.24. The molecule has 1 aliphatic carbocycles. The highest BCUT2D eigenvalue weighted by molar-refractivity contribution is 5.77. The molecule has 1 aromatic carbocycles. The number of hydrogen-bond acceptors (Lipinski definition) is 4. The van der Waals surface area contributed by atoms with Crippen molar-refractivity contribution in [2.24, 2.45) is 0 Å². The van der Waals surface area contributed by atoms with Crippen LogP contribution in [-0.2, 0) is 16.8 Å². The maximum Gasteiger partial charge on any atom is 0.307 e. The fourth-order valence-corrected chi connectivity index (χ4v) is 3.15. The lowest BCUT2D eigenvalue weighted by atomic mass is 9.75. The van der Waals surface area contributed by atoms with Gasteiger partial charge < -0.3 is 5.32 Å². The second-order valence-corrected chi connectivity index (χ2v) is 6.77. The van der Waals surface area contributed by atoms with E-state index in [4.69, 9.17) is 0 Å². The first kappa shape index (κ1) is 16.2. The summed E-state index contributed by atoms with van der Waals surface area (Å²) in [5.74, 6) is -0.186. The maximum absolute atomic E-state index is 12.4. The van der Waals surface area contributed by atoms with Gasteiger partial charge in [0.25, 0.3) is 0 Å². The highest BCUT2D eigenvalue weighted by Crippen LogP contribution is 2.51. The summed E-state index contributed by atoms with van der Waals surface area (Å²) in [6.07, 6.45) is 4.25. The number of carbonyl (C=O) groups excluding carboxylic acids is 1. The number of nitrogens with one attached hydrogen (secondary N) is 1. The molecule has 1 aromatic heterocycles. The predicted octanol–water partition coefficient (Wildman–Crippen LogP) is 2.42. The molecule has 0 aliphatic heterocycles. The fraction of sp³-hybridized carbons (Fsp3) is 0.412. The van der Waals surface area contributed by atoms with Gasteiger partial charge in [-0.05, 0) is 18.4 Å². The third-order valence-electron chi connectivity index (χ3n) is 4.96. The highest BCUT2D eigenvalue weighted by atomic mass is 16.6. The van der Waals surface area contributed by atoms with Gasteiger partial charge in [0.2, 0.25) is 5.91 Å². The molecule has 7 nitrogen and oxygen atoms in total. The van der Waals surface area contributed by atoms with Gasteiger partial charge in [0.15, 0.2) is 0 Å². The van der Waals surface area contributed by atoms with Crippen molar-refractivity contribution in [1.29, 1.82) is 0 Å². The van der Waals surface area contributed by atoms with Crippen LogP contribution in [-0.4, -0.2) is 26.1 Å². The average Bonchev–Trinajstić information content (AvgIpc) is 3.18. The van der Waals surface area contributed by atoms with Gasteiger partial charge in [-0.25, -0.2) is 0 Å². The second-order valence-electron chi connectivity index (χ2n) is 6.77. The Morgan fingerprint density at radius 3 is 2.58 bits per heavy atom. The number of nitro groups is 1. The van der Waals surface area contributed by atoms with Crippen LogP contribution in [0.1, 0.15) is 32.3 Å². The number of carbonyl (C=O) groups is 1. The SMILES string of the molecule is CC(C)(c1ccccc1)C1(NC(=O)Cn2cc([N+](=O)[O-])cn2)CC1. The van der Waals surface area contributed by atoms with Crippen LogP contribution in [0.4, 0.5) is 5.69 Å². The van der Waals surface area contributed by atoms with E-state index in [9.17, 15) is 14.9 Å².